The van der Waals surface area contributed by atoms with E-state index in [1.54, 1.807) is 18.3 Å². The Bertz CT molecular complexity index is 906. The quantitative estimate of drug-likeness (QED) is 0.727. The first kappa shape index (κ1) is 16.4. The molecule has 26 heavy (non-hydrogen) atoms. The number of fused-ring (bicyclic) bond motifs is 1. The summed E-state index contributed by atoms with van der Waals surface area (Å²) in [5.41, 5.74) is 1.33. The molecule has 0 spiro atoms. The first-order valence-electron chi connectivity index (χ1n) is 8.74. The van der Waals surface area contributed by atoms with E-state index in [0.29, 0.717) is 24.6 Å². The van der Waals surface area contributed by atoms with Crippen LogP contribution in [0.5, 0.6) is 0 Å². The van der Waals surface area contributed by atoms with Crippen molar-refractivity contribution < 1.29 is 4.79 Å². The van der Waals surface area contributed by atoms with Crippen LogP contribution < -0.4 is 0 Å². The molecule has 0 unspecified atom stereocenters. The maximum atomic E-state index is 13.0. The molecule has 2 aromatic heterocycles. The normalized spacial score (nSPS) is 16.6. The summed E-state index contributed by atoms with van der Waals surface area (Å²) in [5, 5.41) is 12.5. The lowest BCUT2D eigenvalue weighted by molar-refractivity contribution is 0.0529. The number of benzene rings is 1. The average molecular weight is 348 g/mol. The minimum atomic E-state index is -0.150. The maximum absolute atomic E-state index is 13.0. The first-order chi connectivity index (χ1) is 12.6. The van der Waals surface area contributed by atoms with E-state index in [1.165, 1.54) is 0 Å². The van der Waals surface area contributed by atoms with E-state index in [1.807, 2.05) is 39.9 Å². The molecule has 3 aromatic rings. The molecule has 132 valence electrons. The minimum absolute atomic E-state index is 0.118. The monoisotopic (exact) mass is 348 g/mol. The van der Waals surface area contributed by atoms with Crippen molar-refractivity contribution in [2.45, 2.75) is 26.4 Å². The summed E-state index contributed by atoms with van der Waals surface area (Å²) in [6.07, 6.45) is 1.57. The minimum Gasteiger partial charge on any atom is -0.325 e. The fourth-order valence-electron chi connectivity index (χ4n) is 3.38. The van der Waals surface area contributed by atoms with Gasteiger partial charge in [-0.15, -0.1) is 5.10 Å². The predicted molar refractivity (Wildman–Crippen MR) is 96.1 cm³/mol. The summed E-state index contributed by atoms with van der Waals surface area (Å²) in [5.74, 6) is 1.59. The van der Waals surface area contributed by atoms with Gasteiger partial charge in [0.1, 0.15) is 0 Å². The van der Waals surface area contributed by atoms with Gasteiger partial charge in [-0.2, -0.15) is 10.2 Å². The Balaban J connectivity index is 1.72. The van der Waals surface area contributed by atoms with Crippen molar-refractivity contribution in [3.63, 3.8) is 0 Å². The van der Waals surface area contributed by atoms with Crippen LogP contribution in [-0.4, -0.2) is 42.3 Å². The molecule has 3 heterocycles. The number of rotatable bonds is 3. The van der Waals surface area contributed by atoms with Gasteiger partial charge >= 0.3 is 0 Å². The smallest absolute Gasteiger partial charge is 0.275 e. The van der Waals surface area contributed by atoms with Crippen molar-refractivity contribution in [1.82, 2.24) is 29.9 Å². The molecule has 0 N–H and O–H groups in total. The number of carbonyl (C=O) groups excluding carboxylic acids is 1. The van der Waals surface area contributed by atoms with Crippen LogP contribution in [0.4, 0.5) is 0 Å². The molecule has 4 rings (SSSR count). The van der Waals surface area contributed by atoms with Crippen LogP contribution >= 0.6 is 0 Å². The summed E-state index contributed by atoms with van der Waals surface area (Å²) in [6.45, 7) is 5.37. The van der Waals surface area contributed by atoms with Gasteiger partial charge in [-0.05, 0) is 18.1 Å². The van der Waals surface area contributed by atoms with Crippen molar-refractivity contribution in [3.05, 3.63) is 60.2 Å². The van der Waals surface area contributed by atoms with Crippen molar-refractivity contribution >= 4 is 5.91 Å². The van der Waals surface area contributed by atoms with E-state index in [4.69, 9.17) is 4.98 Å². The SMILES string of the molecule is CC(C)[C@H]1c2nc(-c3ccccc3)nn2CCN1C(=O)c1cccnn1. The number of hydrogen-bond acceptors (Lipinski definition) is 5. The predicted octanol–water partition coefficient (Wildman–Crippen LogP) is 2.59. The second-order valence-corrected chi connectivity index (χ2v) is 6.68. The molecule has 1 amide bonds. The molecule has 1 atom stereocenters. The number of hydrogen-bond donors (Lipinski definition) is 0. The fraction of sp³-hybridized carbons (Fsp3) is 0.316. The fourth-order valence-corrected chi connectivity index (χ4v) is 3.38. The second-order valence-electron chi connectivity index (χ2n) is 6.68. The van der Waals surface area contributed by atoms with Gasteiger partial charge in [-0.3, -0.25) is 4.79 Å². The lowest BCUT2D eigenvalue weighted by atomic mass is 9.99. The lowest BCUT2D eigenvalue weighted by Crippen LogP contribution is -2.45. The van der Waals surface area contributed by atoms with Gasteiger partial charge in [0, 0.05) is 18.3 Å². The molecule has 7 heteroatoms. The zero-order chi connectivity index (χ0) is 18.1. The van der Waals surface area contributed by atoms with Crippen LogP contribution in [-0.2, 0) is 6.54 Å². The van der Waals surface area contributed by atoms with Crippen molar-refractivity contribution in [2.24, 2.45) is 5.92 Å². The highest BCUT2D eigenvalue weighted by Gasteiger charge is 2.36. The van der Waals surface area contributed by atoms with Gasteiger partial charge in [0.25, 0.3) is 5.91 Å². The lowest BCUT2D eigenvalue weighted by Gasteiger charge is -2.37. The second kappa shape index (κ2) is 6.67. The standard InChI is InChI=1S/C19H20N6O/c1-13(2)16-18-21-17(14-7-4-3-5-8-14)23-25(18)12-11-24(16)19(26)15-9-6-10-20-22-15/h3-10,13,16H,11-12H2,1-2H3/t16-/m0/s1. The summed E-state index contributed by atoms with van der Waals surface area (Å²) in [6, 6.07) is 13.2. The van der Waals surface area contributed by atoms with E-state index >= 15 is 0 Å². The molecule has 0 fully saturated rings. The Kier molecular flexibility index (Phi) is 4.20. The van der Waals surface area contributed by atoms with Gasteiger partial charge in [0.15, 0.2) is 17.3 Å². The number of aromatic nitrogens is 5. The van der Waals surface area contributed by atoms with Crippen LogP contribution in [0.15, 0.2) is 48.7 Å². The average Bonchev–Trinajstić information content (AvgIpc) is 3.12. The van der Waals surface area contributed by atoms with Crippen LogP contribution in [0.2, 0.25) is 0 Å². The third kappa shape index (κ3) is 2.85. The van der Waals surface area contributed by atoms with Gasteiger partial charge in [0.2, 0.25) is 0 Å². The van der Waals surface area contributed by atoms with E-state index in [9.17, 15) is 4.79 Å². The Morgan fingerprint density at radius 1 is 1.12 bits per heavy atom. The Morgan fingerprint density at radius 3 is 2.62 bits per heavy atom. The number of nitrogens with zero attached hydrogens (tertiary/aromatic N) is 6. The zero-order valence-corrected chi connectivity index (χ0v) is 14.8. The van der Waals surface area contributed by atoms with Gasteiger partial charge in [0.05, 0.1) is 12.6 Å². The van der Waals surface area contributed by atoms with Crippen LogP contribution in [0, 0.1) is 5.92 Å². The zero-order valence-electron chi connectivity index (χ0n) is 14.8. The Hall–Kier alpha value is -3.09. The summed E-state index contributed by atoms with van der Waals surface area (Å²) >= 11 is 0. The molecule has 0 bridgehead atoms. The first-order valence-corrected chi connectivity index (χ1v) is 8.74. The van der Waals surface area contributed by atoms with Crippen molar-refractivity contribution in [2.75, 3.05) is 6.54 Å². The van der Waals surface area contributed by atoms with Crippen molar-refractivity contribution in [1.29, 1.82) is 0 Å². The topological polar surface area (TPSA) is 76.8 Å². The van der Waals surface area contributed by atoms with Crippen molar-refractivity contribution in [3.8, 4) is 11.4 Å². The van der Waals surface area contributed by atoms with Gasteiger partial charge < -0.3 is 4.90 Å². The van der Waals surface area contributed by atoms with Crippen LogP contribution in [0.1, 0.15) is 36.2 Å². The molecule has 1 aliphatic heterocycles. The summed E-state index contributed by atoms with van der Waals surface area (Å²) in [4.78, 5) is 19.6. The largest absolute Gasteiger partial charge is 0.325 e. The third-order valence-electron chi connectivity index (χ3n) is 4.57. The number of carbonyl (C=O) groups is 1. The molecule has 1 aromatic carbocycles. The molecule has 0 radical (unpaired) electrons. The van der Waals surface area contributed by atoms with Crippen LogP contribution in [0.25, 0.3) is 11.4 Å². The van der Waals surface area contributed by atoms with Gasteiger partial charge in [-0.1, -0.05) is 44.2 Å². The molecule has 0 saturated carbocycles. The molecule has 0 aliphatic carbocycles. The third-order valence-corrected chi connectivity index (χ3v) is 4.57. The maximum Gasteiger partial charge on any atom is 0.275 e. The summed E-state index contributed by atoms with van der Waals surface area (Å²) < 4.78 is 1.92. The van der Waals surface area contributed by atoms with Gasteiger partial charge in [-0.25, -0.2) is 9.67 Å². The van der Waals surface area contributed by atoms with E-state index in [-0.39, 0.29) is 17.9 Å². The highest BCUT2D eigenvalue weighted by atomic mass is 16.2. The van der Waals surface area contributed by atoms with E-state index in [0.717, 1.165) is 11.4 Å². The molecule has 0 saturated heterocycles. The van der Waals surface area contributed by atoms with E-state index in [2.05, 4.69) is 29.1 Å². The van der Waals surface area contributed by atoms with Crippen LogP contribution in [0.3, 0.4) is 0 Å². The Morgan fingerprint density at radius 2 is 1.92 bits per heavy atom. The highest BCUT2D eigenvalue weighted by molar-refractivity contribution is 5.92. The molecule has 1 aliphatic rings. The Labute approximate surface area is 151 Å². The summed E-state index contributed by atoms with van der Waals surface area (Å²) in [7, 11) is 0. The molecular weight excluding hydrogens is 328 g/mol. The molecule has 7 nitrogen and oxygen atoms in total. The molecular formula is C19H20N6O. The number of amides is 1. The highest BCUT2D eigenvalue weighted by Crippen LogP contribution is 2.33. The van der Waals surface area contributed by atoms with E-state index < -0.39 is 0 Å².